The van der Waals surface area contributed by atoms with Crippen LogP contribution in [0.25, 0.3) is 6.08 Å². The number of benzene rings is 1. The Morgan fingerprint density at radius 3 is 2.54 bits per heavy atom. The van der Waals surface area contributed by atoms with E-state index in [9.17, 15) is 14.7 Å². The number of ether oxygens (including phenoxy) is 1. The van der Waals surface area contributed by atoms with Crippen molar-refractivity contribution in [3.63, 3.8) is 0 Å². The third kappa shape index (κ3) is 7.70. The number of carbonyl (C=O) groups excluding carboxylic acids is 1. The summed E-state index contributed by atoms with van der Waals surface area (Å²) in [4.78, 5) is 28.3. The van der Waals surface area contributed by atoms with E-state index in [2.05, 4.69) is 44.4 Å². The van der Waals surface area contributed by atoms with Crippen LogP contribution in [0, 0.1) is 0 Å². The smallest absolute Gasteiger partial charge is 0.410 e. The topological polar surface area (TPSA) is 82.1 Å². The molecule has 0 aromatic heterocycles. The van der Waals surface area contributed by atoms with Gasteiger partial charge in [-0.1, -0.05) is 52.3 Å². The molecule has 0 radical (unpaired) electrons. The highest BCUT2D eigenvalue weighted by molar-refractivity contribution is 9.11. The van der Waals surface area contributed by atoms with Crippen molar-refractivity contribution in [3.05, 3.63) is 63.8 Å². The number of nitrogens with zero attached hydrogens (tertiary/aromatic N) is 2. The second kappa shape index (κ2) is 11.9. The number of carboxylic acids is 1. The van der Waals surface area contributed by atoms with Crippen molar-refractivity contribution < 1.29 is 19.4 Å². The maximum absolute atomic E-state index is 12.6. The Labute approximate surface area is 216 Å². The van der Waals surface area contributed by atoms with Gasteiger partial charge in [0, 0.05) is 42.4 Å². The van der Waals surface area contributed by atoms with Gasteiger partial charge in [-0.15, -0.1) is 0 Å². The van der Waals surface area contributed by atoms with Crippen LogP contribution in [-0.2, 0) is 9.53 Å². The van der Waals surface area contributed by atoms with Crippen molar-refractivity contribution in [2.45, 2.75) is 58.2 Å². The minimum atomic E-state index is -0.932. The minimum Gasteiger partial charge on any atom is -0.478 e. The Bertz CT molecular complexity index is 1000. The molecule has 0 bridgehead atoms. The van der Waals surface area contributed by atoms with Gasteiger partial charge in [-0.05, 0) is 57.7 Å². The predicted octanol–water partition coefficient (Wildman–Crippen LogP) is 5.31. The fourth-order valence-electron chi connectivity index (χ4n) is 4.31. The molecule has 8 heteroatoms. The van der Waals surface area contributed by atoms with Crippen LogP contribution in [0.2, 0.25) is 0 Å². The number of nitrogens with one attached hydrogen (secondary N) is 1. The van der Waals surface area contributed by atoms with Crippen molar-refractivity contribution in [1.82, 2.24) is 15.1 Å². The molecule has 190 valence electrons. The average Bonchev–Trinajstić information content (AvgIpc) is 2.78. The van der Waals surface area contributed by atoms with Crippen LogP contribution in [0.15, 0.2) is 52.7 Å². The average molecular weight is 547 g/mol. The third-order valence-electron chi connectivity index (χ3n) is 6.05. The summed E-state index contributed by atoms with van der Waals surface area (Å²) >= 11 is 3.63. The summed E-state index contributed by atoms with van der Waals surface area (Å²) in [6.45, 7) is 9.72. The molecule has 2 aliphatic heterocycles. The van der Waals surface area contributed by atoms with E-state index in [1.807, 2.05) is 45.2 Å². The lowest BCUT2D eigenvalue weighted by Crippen LogP contribution is -2.53. The molecule has 0 saturated carbocycles. The van der Waals surface area contributed by atoms with Crippen molar-refractivity contribution in [2.75, 3.05) is 26.2 Å². The summed E-state index contributed by atoms with van der Waals surface area (Å²) in [5.41, 5.74) is 1.69. The minimum absolute atomic E-state index is 0.0318. The van der Waals surface area contributed by atoms with Crippen molar-refractivity contribution in [1.29, 1.82) is 0 Å². The molecule has 0 spiro atoms. The monoisotopic (exact) mass is 545 g/mol. The summed E-state index contributed by atoms with van der Waals surface area (Å²) < 4.78 is 6.68. The molecule has 2 N–H and O–H groups in total. The van der Waals surface area contributed by atoms with Crippen LogP contribution in [-0.4, -0.2) is 64.8 Å². The largest absolute Gasteiger partial charge is 0.478 e. The number of halogens is 1. The first kappa shape index (κ1) is 27.0. The molecule has 3 rings (SSSR count). The van der Waals surface area contributed by atoms with Gasteiger partial charge in [0.05, 0.1) is 12.1 Å². The lowest BCUT2D eigenvalue weighted by molar-refractivity contribution is -0.132. The maximum Gasteiger partial charge on any atom is 0.410 e. The van der Waals surface area contributed by atoms with Gasteiger partial charge in [0.2, 0.25) is 0 Å². The van der Waals surface area contributed by atoms with E-state index in [1.54, 1.807) is 17.9 Å². The fourth-order valence-corrected chi connectivity index (χ4v) is 4.67. The van der Waals surface area contributed by atoms with Crippen molar-refractivity contribution >= 4 is 34.1 Å². The molecule has 2 atom stereocenters. The van der Waals surface area contributed by atoms with Gasteiger partial charge < -0.3 is 20.1 Å². The molecule has 1 aromatic carbocycles. The number of amides is 1. The Kier molecular flexibility index (Phi) is 9.19. The molecular formula is C27H36BrN3O4. The van der Waals surface area contributed by atoms with Gasteiger partial charge in [0.1, 0.15) is 5.60 Å². The summed E-state index contributed by atoms with van der Waals surface area (Å²) in [5.74, 6) is -0.932. The molecule has 1 fully saturated rings. The number of allylic oxidation sites excluding steroid dienone is 2. The first-order valence-corrected chi connectivity index (χ1v) is 12.8. The molecule has 1 saturated heterocycles. The van der Waals surface area contributed by atoms with Crippen LogP contribution >= 0.6 is 15.9 Å². The zero-order valence-corrected chi connectivity index (χ0v) is 22.5. The van der Waals surface area contributed by atoms with E-state index >= 15 is 0 Å². The number of carbonyl (C=O) groups is 2. The highest BCUT2D eigenvalue weighted by Crippen LogP contribution is 2.32. The van der Waals surface area contributed by atoms with E-state index in [0.717, 1.165) is 28.5 Å². The van der Waals surface area contributed by atoms with E-state index in [4.69, 9.17) is 4.74 Å². The zero-order valence-electron chi connectivity index (χ0n) is 21.0. The first-order chi connectivity index (χ1) is 16.5. The van der Waals surface area contributed by atoms with Gasteiger partial charge in [-0.3, -0.25) is 4.90 Å². The molecule has 2 unspecified atom stereocenters. The van der Waals surface area contributed by atoms with Crippen LogP contribution in [0.3, 0.4) is 0 Å². The van der Waals surface area contributed by atoms with Crippen LogP contribution in [0.5, 0.6) is 0 Å². The number of hydrogen-bond donors (Lipinski definition) is 2. The van der Waals surface area contributed by atoms with Gasteiger partial charge >= 0.3 is 12.1 Å². The van der Waals surface area contributed by atoms with Crippen LogP contribution in [0.1, 0.15) is 57.7 Å². The molecule has 2 aliphatic rings. The summed E-state index contributed by atoms with van der Waals surface area (Å²) in [6.07, 6.45) is 9.73. The summed E-state index contributed by atoms with van der Waals surface area (Å²) in [5, 5.41) is 13.0. The molecule has 0 aliphatic carbocycles. The Morgan fingerprint density at radius 1 is 1.20 bits per heavy atom. The van der Waals surface area contributed by atoms with Crippen LogP contribution in [0.4, 0.5) is 4.79 Å². The van der Waals surface area contributed by atoms with Gasteiger partial charge in [-0.25, -0.2) is 9.59 Å². The predicted molar refractivity (Wildman–Crippen MR) is 142 cm³/mol. The number of rotatable bonds is 5. The van der Waals surface area contributed by atoms with E-state index < -0.39 is 11.6 Å². The van der Waals surface area contributed by atoms with Crippen LogP contribution < -0.4 is 5.32 Å². The Hall–Kier alpha value is -2.58. The maximum atomic E-state index is 12.6. The van der Waals surface area contributed by atoms with Gasteiger partial charge in [0.15, 0.2) is 0 Å². The third-order valence-corrected chi connectivity index (χ3v) is 6.67. The number of piperazine rings is 1. The highest BCUT2D eigenvalue weighted by Gasteiger charge is 2.33. The molecule has 35 heavy (non-hydrogen) atoms. The zero-order chi connectivity index (χ0) is 25.6. The normalized spacial score (nSPS) is 23.2. The SMILES string of the molecule is C/C(=C\c1ccccc1C(C1/C=C\CC/C(Br)=C\N1)N1CCN(C(=O)OC(C)(C)C)CC1)C(=O)O. The lowest BCUT2D eigenvalue weighted by Gasteiger charge is -2.42. The van der Waals surface area contributed by atoms with E-state index in [0.29, 0.717) is 26.2 Å². The Balaban J connectivity index is 1.93. The summed E-state index contributed by atoms with van der Waals surface area (Å²) in [6, 6.07) is 7.86. The van der Waals surface area contributed by atoms with Gasteiger partial charge in [0.25, 0.3) is 0 Å². The summed E-state index contributed by atoms with van der Waals surface area (Å²) in [7, 11) is 0. The fraction of sp³-hybridized carbons (Fsp3) is 0.481. The van der Waals surface area contributed by atoms with Gasteiger partial charge in [-0.2, -0.15) is 0 Å². The standard InChI is InChI=1S/C27H36BrN3O4/c1-19(25(32)33)17-20-9-5-7-11-22(20)24(23-12-8-6-10-21(28)18-29-23)30-13-15-31(16-14-30)26(34)35-27(2,3)4/h5,7-9,11-12,17-18,23-24,29H,6,10,13-16H2,1-4H3,(H,32,33)/b12-8-,19-17+,21-18+. The molecule has 1 amide bonds. The lowest BCUT2D eigenvalue weighted by atomic mass is 9.91. The van der Waals surface area contributed by atoms with Crippen molar-refractivity contribution in [2.24, 2.45) is 0 Å². The molecular weight excluding hydrogens is 510 g/mol. The van der Waals surface area contributed by atoms with Crippen molar-refractivity contribution in [3.8, 4) is 0 Å². The first-order valence-electron chi connectivity index (χ1n) is 12.0. The van der Waals surface area contributed by atoms with E-state index in [-0.39, 0.29) is 23.8 Å². The number of aliphatic carboxylic acids is 1. The molecule has 7 nitrogen and oxygen atoms in total. The molecule has 1 aromatic rings. The quantitative estimate of drug-likeness (QED) is 0.385. The highest BCUT2D eigenvalue weighted by atomic mass is 79.9. The second-order valence-electron chi connectivity index (χ2n) is 9.96. The molecule has 2 heterocycles. The number of carboxylic acid groups (broad SMARTS) is 1. The number of hydrogen-bond acceptors (Lipinski definition) is 5. The second-order valence-corrected chi connectivity index (χ2v) is 11.0. The van der Waals surface area contributed by atoms with E-state index in [1.165, 1.54) is 0 Å². The Morgan fingerprint density at radius 2 is 1.89 bits per heavy atom.